The SMILES string of the molecule is COc1ccc(NCc2ccccc2C#N)cc1[N+](=O)[O-]. The first kappa shape index (κ1) is 14.3. The van der Waals surface area contributed by atoms with Gasteiger partial charge in [0.05, 0.1) is 23.7 Å². The number of rotatable bonds is 5. The Labute approximate surface area is 121 Å². The molecule has 0 spiro atoms. The van der Waals surface area contributed by atoms with Crippen molar-refractivity contribution in [3.63, 3.8) is 0 Å². The van der Waals surface area contributed by atoms with Gasteiger partial charge in [0.15, 0.2) is 5.75 Å². The molecule has 0 fully saturated rings. The zero-order valence-electron chi connectivity index (χ0n) is 11.4. The summed E-state index contributed by atoms with van der Waals surface area (Å²) in [5.41, 5.74) is 1.90. The smallest absolute Gasteiger partial charge is 0.312 e. The lowest BCUT2D eigenvalue weighted by atomic mass is 10.1. The second-order valence-electron chi connectivity index (χ2n) is 4.27. The molecule has 2 aromatic rings. The number of nitro benzene ring substituents is 1. The van der Waals surface area contributed by atoms with E-state index >= 15 is 0 Å². The maximum Gasteiger partial charge on any atom is 0.312 e. The molecule has 0 aliphatic carbocycles. The van der Waals surface area contributed by atoms with Crippen LogP contribution >= 0.6 is 0 Å². The molecular formula is C15H13N3O3. The van der Waals surface area contributed by atoms with E-state index in [1.807, 2.05) is 12.1 Å². The van der Waals surface area contributed by atoms with Gasteiger partial charge in [0.2, 0.25) is 0 Å². The van der Waals surface area contributed by atoms with Crippen LogP contribution in [-0.2, 0) is 6.54 Å². The quantitative estimate of drug-likeness (QED) is 0.673. The summed E-state index contributed by atoms with van der Waals surface area (Å²) >= 11 is 0. The number of nitrogens with one attached hydrogen (secondary N) is 1. The molecular weight excluding hydrogens is 270 g/mol. The van der Waals surface area contributed by atoms with Gasteiger partial charge in [0.1, 0.15) is 0 Å². The number of hydrogen-bond donors (Lipinski definition) is 1. The normalized spacial score (nSPS) is 9.71. The third kappa shape index (κ3) is 3.28. The minimum atomic E-state index is -0.493. The predicted octanol–water partition coefficient (Wildman–Crippen LogP) is 3.09. The molecule has 0 aromatic heterocycles. The first-order chi connectivity index (χ1) is 10.2. The molecule has 0 aliphatic rings. The Balaban J connectivity index is 2.19. The highest BCUT2D eigenvalue weighted by molar-refractivity contribution is 5.58. The number of anilines is 1. The summed E-state index contributed by atoms with van der Waals surface area (Å²) in [5, 5.41) is 23.1. The van der Waals surface area contributed by atoms with Crippen LogP contribution in [0.4, 0.5) is 11.4 Å². The number of methoxy groups -OCH3 is 1. The lowest BCUT2D eigenvalue weighted by Crippen LogP contribution is -2.02. The molecule has 0 atom stereocenters. The van der Waals surface area contributed by atoms with Crippen LogP contribution in [0, 0.1) is 21.4 Å². The lowest BCUT2D eigenvalue weighted by molar-refractivity contribution is -0.385. The molecule has 0 radical (unpaired) electrons. The Morgan fingerprint density at radius 1 is 1.33 bits per heavy atom. The van der Waals surface area contributed by atoms with Crippen molar-refractivity contribution in [2.75, 3.05) is 12.4 Å². The number of nitro groups is 1. The van der Waals surface area contributed by atoms with Crippen molar-refractivity contribution in [1.29, 1.82) is 5.26 Å². The average molecular weight is 283 g/mol. The highest BCUT2D eigenvalue weighted by Gasteiger charge is 2.15. The monoisotopic (exact) mass is 283 g/mol. The molecule has 6 nitrogen and oxygen atoms in total. The molecule has 6 heteroatoms. The third-order valence-corrected chi connectivity index (χ3v) is 3.00. The highest BCUT2D eigenvalue weighted by atomic mass is 16.6. The standard InChI is InChI=1S/C15H13N3O3/c1-21-15-7-6-13(8-14(15)18(19)20)17-10-12-5-3-2-4-11(12)9-16/h2-8,17H,10H2,1H3. The summed E-state index contributed by atoms with van der Waals surface area (Å²) in [6.07, 6.45) is 0. The van der Waals surface area contributed by atoms with E-state index in [-0.39, 0.29) is 11.4 Å². The Morgan fingerprint density at radius 2 is 2.10 bits per heavy atom. The second kappa shape index (κ2) is 6.39. The van der Waals surface area contributed by atoms with E-state index in [4.69, 9.17) is 10.00 Å². The zero-order chi connectivity index (χ0) is 15.2. The van der Waals surface area contributed by atoms with Gasteiger partial charge < -0.3 is 10.1 Å². The van der Waals surface area contributed by atoms with Crippen molar-refractivity contribution >= 4 is 11.4 Å². The van der Waals surface area contributed by atoms with Gasteiger partial charge in [0, 0.05) is 18.3 Å². The second-order valence-corrected chi connectivity index (χ2v) is 4.27. The van der Waals surface area contributed by atoms with Crippen molar-refractivity contribution in [2.24, 2.45) is 0 Å². The van der Waals surface area contributed by atoms with Crippen molar-refractivity contribution in [2.45, 2.75) is 6.54 Å². The summed E-state index contributed by atoms with van der Waals surface area (Å²) in [7, 11) is 1.39. The van der Waals surface area contributed by atoms with Crippen molar-refractivity contribution in [3.05, 3.63) is 63.7 Å². The summed E-state index contributed by atoms with van der Waals surface area (Å²) in [4.78, 5) is 10.5. The maximum atomic E-state index is 11.0. The Kier molecular flexibility index (Phi) is 4.36. The average Bonchev–Trinajstić information content (AvgIpc) is 2.52. The molecule has 0 amide bonds. The molecule has 1 N–H and O–H groups in total. The fourth-order valence-electron chi connectivity index (χ4n) is 1.92. The van der Waals surface area contributed by atoms with Gasteiger partial charge in [-0.2, -0.15) is 5.26 Å². The van der Waals surface area contributed by atoms with E-state index in [1.54, 1.807) is 18.2 Å². The molecule has 2 aromatic carbocycles. The van der Waals surface area contributed by atoms with Crippen molar-refractivity contribution in [3.8, 4) is 11.8 Å². The largest absolute Gasteiger partial charge is 0.490 e. The van der Waals surface area contributed by atoms with Crippen LogP contribution in [0.5, 0.6) is 5.75 Å². The zero-order valence-corrected chi connectivity index (χ0v) is 11.4. The van der Waals surface area contributed by atoms with Gasteiger partial charge in [-0.05, 0) is 23.8 Å². The van der Waals surface area contributed by atoms with E-state index in [9.17, 15) is 10.1 Å². The first-order valence-corrected chi connectivity index (χ1v) is 6.20. The Morgan fingerprint density at radius 3 is 2.76 bits per heavy atom. The maximum absolute atomic E-state index is 11.0. The van der Waals surface area contributed by atoms with Crippen molar-refractivity contribution < 1.29 is 9.66 Å². The first-order valence-electron chi connectivity index (χ1n) is 6.20. The summed E-state index contributed by atoms with van der Waals surface area (Å²) in [6, 6.07) is 14.0. The Bertz CT molecular complexity index is 708. The topological polar surface area (TPSA) is 88.2 Å². The van der Waals surface area contributed by atoms with E-state index < -0.39 is 4.92 Å². The molecule has 0 bridgehead atoms. The number of ether oxygens (including phenoxy) is 1. The molecule has 106 valence electrons. The van der Waals surface area contributed by atoms with Crippen LogP contribution in [0.1, 0.15) is 11.1 Å². The predicted molar refractivity (Wildman–Crippen MR) is 78.1 cm³/mol. The molecule has 0 saturated heterocycles. The molecule has 2 rings (SSSR count). The van der Waals surface area contributed by atoms with Gasteiger partial charge in [-0.25, -0.2) is 0 Å². The van der Waals surface area contributed by atoms with E-state index in [1.165, 1.54) is 19.2 Å². The lowest BCUT2D eigenvalue weighted by Gasteiger charge is -2.09. The summed E-state index contributed by atoms with van der Waals surface area (Å²) < 4.78 is 4.95. The minimum Gasteiger partial charge on any atom is -0.490 e. The van der Waals surface area contributed by atoms with Gasteiger partial charge in [-0.15, -0.1) is 0 Å². The van der Waals surface area contributed by atoms with E-state index in [2.05, 4.69) is 11.4 Å². The van der Waals surface area contributed by atoms with Gasteiger partial charge in [0.25, 0.3) is 0 Å². The van der Waals surface area contributed by atoms with E-state index in [0.717, 1.165) is 5.56 Å². The van der Waals surface area contributed by atoms with Crippen LogP contribution in [0.3, 0.4) is 0 Å². The van der Waals surface area contributed by atoms with Crippen LogP contribution in [-0.4, -0.2) is 12.0 Å². The van der Waals surface area contributed by atoms with Crippen LogP contribution in [0.25, 0.3) is 0 Å². The summed E-state index contributed by atoms with van der Waals surface area (Å²) in [6.45, 7) is 0.410. The van der Waals surface area contributed by atoms with Crippen molar-refractivity contribution in [1.82, 2.24) is 0 Å². The molecule has 0 heterocycles. The van der Waals surface area contributed by atoms with Crippen LogP contribution < -0.4 is 10.1 Å². The third-order valence-electron chi connectivity index (χ3n) is 3.00. The molecule has 0 saturated carbocycles. The van der Waals surface area contributed by atoms with Gasteiger partial charge >= 0.3 is 5.69 Å². The van der Waals surface area contributed by atoms with Crippen LogP contribution in [0.2, 0.25) is 0 Å². The molecule has 21 heavy (non-hydrogen) atoms. The number of nitriles is 1. The van der Waals surface area contributed by atoms with Crippen LogP contribution in [0.15, 0.2) is 42.5 Å². The fraction of sp³-hybridized carbons (Fsp3) is 0.133. The van der Waals surface area contributed by atoms with Gasteiger partial charge in [-0.1, -0.05) is 18.2 Å². The number of nitrogens with zero attached hydrogens (tertiary/aromatic N) is 2. The van der Waals surface area contributed by atoms with Gasteiger partial charge in [-0.3, -0.25) is 10.1 Å². The number of hydrogen-bond acceptors (Lipinski definition) is 5. The molecule has 0 aliphatic heterocycles. The minimum absolute atomic E-state index is 0.101. The fourth-order valence-corrected chi connectivity index (χ4v) is 1.92. The molecule has 0 unspecified atom stereocenters. The Hall–Kier alpha value is -3.07. The number of benzene rings is 2. The highest BCUT2D eigenvalue weighted by Crippen LogP contribution is 2.29. The van der Waals surface area contributed by atoms with E-state index in [0.29, 0.717) is 17.8 Å². The summed E-state index contributed by atoms with van der Waals surface area (Å²) in [5.74, 6) is 0.211.